The van der Waals surface area contributed by atoms with Crippen LogP contribution in [0.3, 0.4) is 0 Å². The minimum atomic E-state index is -0.183. The second-order valence-corrected chi connectivity index (χ2v) is 12.8. The number of carbonyl (C=O) groups excluding carboxylic acids is 2. The van der Waals surface area contributed by atoms with Crippen LogP contribution in [0, 0.1) is 39.4 Å². The molecule has 6 unspecified atom stereocenters. The fourth-order valence-corrected chi connectivity index (χ4v) is 8.93. The Morgan fingerprint density at radius 1 is 0.969 bits per heavy atom. The Kier molecular flexibility index (Phi) is 5.79. The molecular weight excluding hydrogens is 392 g/mol. The molecule has 0 amide bonds. The maximum Gasteiger partial charge on any atom is 0.145 e. The summed E-state index contributed by atoms with van der Waals surface area (Å²) < 4.78 is 0. The van der Waals surface area contributed by atoms with Crippen LogP contribution in [0.2, 0.25) is 0 Å². The van der Waals surface area contributed by atoms with E-state index in [4.69, 9.17) is 0 Å². The van der Waals surface area contributed by atoms with Crippen LogP contribution in [0.1, 0.15) is 99.8 Å². The van der Waals surface area contributed by atoms with Crippen molar-refractivity contribution in [3.05, 3.63) is 34.9 Å². The zero-order chi connectivity index (χ0) is 23.5. The SMILES string of the molecule is CC(C=O)=CC=CC(C)C1CCC2(C)C3=C(CCC12C)C1(C)CCC(=O)C(C)(C)C1CC3. The highest BCUT2D eigenvalue weighted by Gasteiger charge is 2.63. The highest BCUT2D eigenvalue weighted by molar-refractivity contribution is 5.85. The zero-order valence-electron chi connectivity index (χ0n) is 21.5. The summed E-state index contributed by atoms with van der Waals surface area (Å²) in [6, 6.07) is 0. The van der Waals surface area contributed by atoms with Gasteiger partial charge in [0, 0.05) is 11.8 Å². The maximum absolute atomic E-state index is 12.8. The fourth-order valence-electron chi connectivity index (χ4n) is 8.93. The molecule has 0 aromatic heterocycles. The summed E-state index contributed by atoms with van der Waals surface area (Å²) >= 11 is 0. The van der Waals surface area contributed by atoms with E-state index in [1.807, 2.05) is 13.0 Å². The molecule has 4 rings (SSSR count). The van der Waals surface area contributed by atoms with Gasteiger partial charge in [-0.25, -0.2) is 0 Å². The Bertz CT molecular complexity index is 902. The summed E-state index contributed by atoms with van der Waals surface area (Å²) in [7, 11) is 0. The van der Waals surface area contributed by atoms with E-state index in [-0.39, 0.29) is 16.2 Å². The molecule has 6 atom stereocenters. The first-order valence-corrected chi connectivity index (χ1v) is 13.0. The largest absolute Gasteiger partial charge is 0.299 e. The lowest BCUT2D eigenvalue weighted by atomic mass is 9.43. The van der Waals surface area contributed by atoms with Crippen LogP contribution in [-0.4, -0.2) is 12.1 Å². The van der Waals surface area contributed by atoms with Crippen LogP contribution in [0.5, 0.6) is 0 Å². The van der Waals surface area contributed by atoms with Crippen molar-refractivity contribution in [2.75, 3.05) is 0 Å². The van der Waals surface area contributed by atoms with Crippen molar-refractivity contribution in [1.29, 1.82) is 0 Å². The van der Waals surface area contributed by atoms with Crippen molar-refractivity contribution >= 4 is 12.1 Å². The average Bonchev–Trinajstić information content (AvgIpc) is 3.02. The van der Waals surface area contributed by atoms with E-state index >= 15 is 0 Å². The van der Waals surface area contributed by atoms with Gasteiger partial charge in [-0.3, -0.25) is 9.59 Å². The molecule has 2 fully saturated rings. The van der Waals surface area contributed by atoms with Gasteiger partial charge in [0.05, 0.1) is 0 Å². The molecule has 0 radical (unpaired) electrons. The van der Waals surface area contributed by atoms with Crippen LogP contribution >= 0.6 is 0 Å². The van der Waals surface area contributed by atoms with E-state index in [1.54, 1.807) is 11.1 Å². The van der Waals surface area contributed by atoms with Gasteiger partial charge in [-0.15, -0.1) is 0 Å². The number of aldehydes is 1. The van der Waals surface area contributed by atoms with Gasteiger partial charge >= 0.3 is 0 Å². The predicted octanol–water partition coefficient (Wildman–Crippen LogP) is 7.64. The van der Waals surface area contributed by atoms with Gasteiger partial charge in [0.1, 0.15) is 12.1 Å². The number of ketones is 1. The summed E-state index contributed by atoms with van der Waals surface area (Å²) in [5.74, 6) is 2.17. The van der Waals surface area contributed by atoms with Crippen molar-refractivity contribution in [2.24, 2.45) is 39.4 Å². The highest BCUT2D eigenvalue weighted by atomic mass is 16.1. The smallest absolute Gasteiger partial charge is 0.145 e. The van der Waals surface area contributed by atoms with E-state index in [9.17, 15) is 9.59 Å². The van der Waals surface area contributed by atoms with Crippen LogP contribution in [0.15, 0.2) is 34.9 Å². The third-order valence-electron chi connectivity index (χ3n) is 11.2. The fraction of sp³-hybridized carbons (Fsp3) is 0.733. The van der Waals surface area contributed by atoms with Crippen molar-refractivity contribution < 1.29 is 9.59 Å². The van der Waals surface area contributed by atoms with Crippen molar-refractivity contribution in [3.63, 3.8) is 0 Å². The molecule has 0 heterocycles. The molecule has 4 aliphatic rings. The van der Waals surface area contributed by atoms with Gasteiger partial charge in [0.15, 0.2) is 0 Å². The summed E-state index contributed by atoms with van der Waals surface area (Å²) in [5, 5.41) is 0. The minimum Gasteiger partial charge on any atom is -0.299 e. The number of hydrogen-bond acceptors (Lipinski definition) is 2. The number of allylic oxidation sites excluding steroid dienone is 6. The molecule has 2 saturated carbocycles. The molecule has 176 valence electrons. The summed E-state index contributed by atoms with van der Waals surface area (Å²) in [6.07, 6.45) is 16.5. The minimum absolute atomic E-state index is 0.183. The third kappa shape index (κ3) is 3.18. The standard InChI is InChI=1S/C30H44O2/c1-20(19-31)9-8-10-21(2)22-13-17-30(7)24-11-12-25-27(3,4)26(32)15-16-28(25,5)23(24)14-18-29(22,30)6/h8-10,19,21-22,25H,11-18H2,1-7H3. The summed E-state index contributed by atoms with van der Waals surface area (Å²) in [5.41, 5.74) is 4.94. The van der Waals surface area contributed by atoms with Gasteiger partial charge < -0.3 is 0 Å². The lowest BCUT2D eigenvalue weighted by Crippen LogP contribution is -2.53. The number of fused-ring (bicyclic) bond motifs is 4. The van der Waals surface area contributed by atoms with E-state index in [1.165, 1.54) is 38.5 Å². The van der Waals surface area contributed by atoms with Crippen molar-refractivity contribution in [1.82, 2.24) is 0 Å². The van der Waals surface area contributed by atoms with E-state index < -0.39 is 0 Å². The molecule has 0 N–H and O–H groups in total. The number of rotatable bonds is 4. The van der Waals surface area contributed by atoms with Gasteiger partial charge in [-0.05, 0) is 91.4 Å². The Morgan fingerprint density at radius 2 is 1.69 bits per heavy atom. The van der Waals surface area contributed by atoms with Crippen LogP contribution < -0.4 is 0 Å². The molecular formula is C30H44O2. The van der Waals surface area contributed by atoms with E-state index in [2.05, 4.69) is 53.7 Å². The van der Waals surface area contributed by atoms with Gasteiger partial charge in [0.25, 0.3) is 0 Å². The topological polar surface area (TPSA) is 34.1 Å². The molecule has 0 saturated heterocycles. The maximum atomic E-state index is 12.8. The van der Waals surface area contributed by atoms with Crippen LogP contribution in [0.4, 0.5) is 0 Å². The monoisotopic (exact) mass is 436 g/mol. The third-order valence-corrected chi connectivity index (χ3v) is 11.2. The lowest BCUT2D eigenvalue weighted by molar-refractivity contribution is -0.139. The molecule has 0 spiro atoms. The quantitative estimate of drug-likeness (QED) is 0.196. The predicted molar refractivity (Wildman–Crippen MR) is 132 cm³/mol. The molecule has 2 heteroatoms. The zero-order valence-corrected chi connectivity index (χ0v) is 21.5. The van der Waals surface area contributed by atoms with Crippen LogP contribution in [0.25, 0.3) is 0 Å². The molecule has 32 heavy (non-hydrogen) atoms. The van der Waals surface area contributed by atoms with Crippen LogP contribution in [-0.2, 0) is 9.59 Å². The second-order valence-electron chi connectivity index (χ2n) is 12.8. The van der Waals surface area contributed by atoms with E-state index in [0.29, 0.717) is 29.0 Å². The second kappa shape index (κ2) is 7.81. The molecule has 4 aliphatic carbocycles. The molecule has 0 aromatic carbocycles. The van der Waals surface area contributed by atoms with Crippen molar-refractivity contribution in [3.8, 4) is 0 Å². The lowest BCUT2D eigenvalue weighted by Gasteiger charge is -2.60. The normalized spacial score (nSPS) is 42.5. The van der Waals surface area contributed by atoms with Gasteiger partial charge in [0.2, 0.25) is 0 Å². The van der Waals surface area contributed by atoms with Crippen molar-refractivity contribution in [2.45, 2.75) is 99.8 Å². The number of carbonyl (C=O) groups is 2. The first-order chi connectivity index (χ1) is 14.9. The Hall–Kier alpha value is -1.44. The molecule has 0 aromatic rings. The average molecular weight is 437 g/mol. The summed E-state index contributed by atoms with van der Waals surface area (Å²) in [4.78, 5) is 23.7. The molecule has 2 nitrogen and oxygen atoms in total. The first kappa shape index (κ1) is 23.7. The first-order valence-electron chi connectivity index (χ1n) is 13.0. The highest BCUT2D eigenvalue weighted by Crippen LogP contribution is 2.72. The number of Topliss-reactive ketones (excluding diaryl/α,β-unsaturated/α-hetero) is 1. The number of hydrogen-bond donors (Lipinski definition) is 0. The Morgan fingerprint density at radius 3 is 2.38 bits per heavy atom. The molecule has 0 bridgehead atoms. The van der Waals surface area contributed by atoms with Gasteiger partial charge in [-0.2, -0.15) is 0 Å². The van der Waals surface area contributed by atoms with Gasteiger partial charge in [-0.1, -0.05) is 70.9 Å². The Labute approximate surface area is 196 Å². The molecule has 0 aliphatic heterocycles. The van der Waals surface area contributed by atoms with E-state index in [0.717, 1.165) is 24.7 Å². The summed E-state index contributed by atoms with van der Waals surface area (Å²) in [6.45, 7) is 16.3. The Balaban J connectivity index is 1.67.